The highest BCUT2D eigenvalue weighted by molar-refractivity contribution is 7.00. The normalized spacial score (nSPS) is 12.1. The van der Waals surface area contributed by atoms with Crippen molar-refractivity contribution >= 4 is 77.6 Å². The summed E-state index contributed by atoms with van der Waals surface area (Å²) in [7, 11) is 0. The number of rotatable bonds is 10. The molecule has 0 saturated carbocycles. The van der Waals surface area contributed by atoms with Crippen molar-refractivity contribution in [1.82, 2.24) is 19.1 Å². The van der Waals surface area contributed by atoms with E-state index in [2.05, 4.69) is 355 Å². The van der Waals surface area contributed by atoms with Gasteiger partial charge in [-0.05, 0) is 178 Å². The molecule has 97 heavy (non-hydrogen) atoms. The maximum Gasteiger partial charge on any atom is 0.252 e. The molecule has 0 fully saturated rings. The molecule has 448 valence electrons. The van der Waals surface area contributed by atoms with E-state index < -0.39 is 0 Å². The second-order valence-electron chi connectivity index (χ2n) is 25.9. The molecule has 0 saturated heterocycles. The van der Waals surface area contributed by atoms with Crippen LogP contribution in [0.2, 0.25) is 0 Å². The minimum Gasteiger partial charge on any atom is -0.310 e. The van der Waals surface area contributed by atoms with Crippen LogP contribution in [0, 0.1) is 0 Å². The predicted octanol–water partition coefficient (Wildman–Crippen LogP) is 21.6. The minimum absolute atomic E-state index is 0.220. The fourth-order valence-corrected chi connectivity index (χ4v) is 16.1. The Hall–Kier alpha value is -12.7. The molecule has 15 aromatic carbocycles. The van der Waals surface area contributed by atoms with Gasteiger partial charge in [0.05, 0.1) is 22.2 Å². The van der Waals surface area contributed by atoms with Gasteiger partial charge in [0.25, 0.3) is 6.71 Å². The molecule has 0 amide bonds. The third-order valence-corrected chi connectivity index (χ3v) is 20.4. The van der Waals surface area contributed by atoms with Gasteiger partial charge in [0, 0.05) is 60.5 Å². The van der Waals surface area contributed by atoms with Crippen LogP contribution in [-0.4, -0.2) is 25.8 Å². The van der Waals surface area contributed by atoms with Crippen molar-refractivity contribution in [2.45, 2.75) is 0 Å². The first kappa shape index (κ1) is 54.8. The average molecular weight is 1230 g/mol. The van der Waals surface area contributed by atoms with Gasteiger partial charge in [-0.1, -0.05) is 273 Å². The second-order valence-corrected chi connectivity index (χ2v) is 25.9. The molecule has 0 spiro atoms. The molecule has 0 bridgehead atoms. The fraction of sp³-hybridized carbons (Fsp3) is 0. The van der Waals surface area contributed by atoms with Gasteiger partial charge >= 0.3 is 0 Å². The number of nitrogens with zero attached hydrogens (tertiary/aromatic N) is 4. The number of hydrogen-bond acceptors (Lipinski definition) is 2. The molecule has 20 rings (SSSR count). The van der Waals surface area contributed by atoms with Gasteiger partial charge in [-0.15, -0.1) is 0 Å². The van der Waals surface area contributed by atoms with Crippen LogP contribution in [0.5, 0.6) is 0 Å². The van der Waals surface area contributed by atoms with Crippen LogP contribution in [0.1, 0.15) is 0 Å². The molecule has 5 heterocycles. The molecule has 2 aliphatic heterocycles. The first-order valence-corrected chi connectivity index (χ1v) is 33.5. The van der Waals surface area contributed by atoms with E-state index in [1.54, 1.807) is 0 Å². The number of aromatic nitrogens is 4. The zero-order valence-electron chi connectivity index (χ0n) is 52.8. The zero-order chi connectivity index (χ0) is 63.7. The van der Waals surface area contributed by atoms with Crippen LogP contribution in [0.4, 0.5) is 0 Å². The van der Waals surface area contributed by atoms with Crippen molar-refractivity contribution in [2.24, 2.45) is 0 Å². The Kier molecular flexibility index (Phi) is 12.4. The lowest BCUT2D eigenvalue weighted by molar-refractivity contribution is 1.14. The molecule has 18 aromatic rings. The van der Waals surface area contributed by atoms with Gasteiger partial charge in [0.2, 0.25) is 0 Å². The smallest absolute Gasteiger partial charge is 0.252 e. The summed E-state index contributed by atoms with van der Waals surface area (Å²) in [4.78, 5) is 11.5. The van der Waals surface area contributed by atoms with Gasteiger partial charge in [-0.3, -0.25) is 0 Å². The van der Waals surface area contributed by atoms with Crippen LogP contribution < -0.4 is 16.4 Å². The van der Waals surface area contributed by atoms with Crippen LogP contribution >= 0.6 is 0 Å². The Morgan fingerprint density at radius 1 is 0.237 bits per heavy atom. The van der Waals surface area contributed by atoms with E-state index in [1.807, 2.05) is 0 Å². The topological polar surface area (TPSA) is 35.6 Å². The van der Waals surface area contributed by atoms with E-state index in [4.69, 9.17) is 9.97 Å². The van der Waals surface area contributed by atoms with Crippen molar-refractivity contribution in [2.75, 3.05) is 0 Å². The second kappa shape index (κ2) is 22.0. The highest BCUT2D eigenvalue weighted by Crippen LogP contribution is 2.49. The molecular weight excluding hydrogens is 1170 g/mol. The molecule has 3 aromatic heterocycles. The quantitative estimate of drug-likeness (QED) is 0.128. The first-order valence-electron chi connectivity index (χ1n) is 33.5. The molecule has 0 atom stereocenters. The van der Waals surface area contributed by atoms with E-state index in [9.17, 15) is 0 Å². The Morgan fingerprint density at radius 3 is 0.959 bits per heavy atom. The summed E-state index contributed by atoms with van der Waals surface area (Å²) >= 11 is 0. The number of hydrogen-bond donors (Lipinski definition) is 0. The lowest BCUT2D eigenvalue weighted by Crippen LogP contribution is -2.59. The summed E-state index contributed by atoms with van der Waals surface area (Å²) in [5.41, 5.74) is 32.9. The molecule has 5 heteroatoms. The zero-order valence-corrected chi connectivity index (χ0v) is 52.8. The monoisotopic (exact) mass is 1230 g/mol. The summed E-state index contributed by atoms with van der Waals surface area (Å²) in [5.74, 6) is 0.660. The number of benzene rings is 15. The number of fused-ring (bicyclic) bond motifs is 11. The summed E-state index contributed by atoms with van der Waals surface area (Å²) in [6, 6.07) is 128. The van der Waals surface area contributed by atoms with E-state index in [0.717, 1.165) is 94.6 Å². The van der Waals surface area contributed by atoms with Gasteiger partial charge in [-0.25, -0.2) is 9.97 Å². The van der Waals surface area contributed by atoms with Gasteiger partial charge in [0.1, 0.15) is 0 Å². The first-order chi connectivity index (χ1) is 48.1. The Bertz CT molecular complexity index is 5860. The molecule has 0 N–H and O–H groups in total. The molecule has 4 nitrogen and oxygen atoms in total. The van der Waals surface area contributed by atoms with Crippen LogP contribution in [0.3, 0.4) is 0 Å². The Balaban J connectivity index is 0.978. The Labute approximate surface area is 562 Å². The van der Waals surface area contributed by atoms with Crippen LogP contribution in [0.25, 0.3) is 178 Å². The van der Waals surface area contributed by atoms with Gasteiger partial charge in [0.15, 0.2) is 5.82 Å². The SMILES string of the molecule is c1ccc(-c2cc(-c3ccccc3)cc(-c3nc(-c4cc5c6c(c4)-n4c7cc(-c8ccccc8)cc(-c8ccccc8)c7c7cc(-c8ccccc8)cc(c74)B6c4cc(-c6ccccc6)cc6c7c(-c8ccccc8)cc(-c8ccccc8)cc7n-5c46)c4ccccc4n3)c2)cc1. The highest BCUT2D eigenvalue weighted by Gasteiger charge is 2.43. The fourth-order valence-electron chi connectivity index (χ4n) is 16.1. The Morgan fingerprint density at radius 2 is 0.567 bits per heavy atom. The van der Waals surface area contributed by atoms with Gasteiger partial charge in [-0.2, -0.15) is 0 Å². The maximum atomic E-state index is 5.93. The summed E-state index contributed by atoms with van der Waals surface area (Å²) < 4.78 is 5.32. The predicted molar refractivity (Wildman–Crippen MR) is 407 cm³/mol. The standard InChI is InChI=1S/C92H57BN4/c1-9-27-58(28-10-1)66-45-67(59-29-11-2-12-30-59)47-73(46-66)92-94-81-44-26-25-43-74(81)89(95-92)72-56-84-88-85(57-72)97-83-55-71(63-37-19-6-20-38-63)49-76(65-41-23-8-24-42-65)87(83)78-51-69(61-33-15-4-16-34-61)53-80(91(78)97)93(88)79-52-68(60-31-13-3-14-32-60)50-77-86-75(64-39-21-7-22-40-64)48-70(62-35-17-5-18-36-62)54-82(86)96(84)90(77)79/h1-57H. The highest BCUT2D eigenvalue weighted by atomic mass is 15.0. The lowest BCUT2D eigenvalue weighted by Gasteiger charge is -2.35. The molecule has 0 aliphatic carbocycles. The van der Waals surface area contributed by atoms with E-state index in [0.29, 0.717) is 5.82 Å². The molecule has 0 radical (unpaired) electrons. The largest absolute Gasteiger partial charge is 0.310 e. The van der Waals surface area contributed by atoms with Crippen LogP contribution in [-0.2, 0) is 0 Å². The summed E-state index contributed by atoms with van der Waals surface area (Å²) in [6.07, 6.45) is 0. The summed E-state index contributed by atoms with van der Waals surface area (Å²) in [6.45, 7) is -0.220. The third-order valence-electron chi connectivity index (χ3n) is 20.4. The average Bonchev–Trinajstić information content (AvgIpc) is 1.53. The molecule has 0 unspecified atom stereocenters. The van der Waals surface area contributed by atoms with Crippen molar-refractivity contribution < 1.29 is 0 Å². The van der Waals surface area contributed by atoms with Crippen molar-refractivity contribution in [3.63, 3.8) is 0 Å². The third kappa shape index (κ3) is 8.79. The molecule has 2 aliphatic rings. The van der Waals surface area contributed by atoms with E-state index in [1.165, 1.54) is 93.5 Å². The minimum atomic E-state index is -0.220. The van der Waals surface area contributed by atoms with E-state index >= 15 is 0 Å². The number of para-hydroxylation sites is 1. The molecular formula is C92H57BN4. The summed E-state index contributed by atoms with van der Waals surface area (Å²) in [5, 5.41) is 5.84. The van der Waals surface area contributed by atoms with Crippen molar-refractivity contribution in [3.8, 4) is 123 Å². The van der Waals surface area contributed by atoms with Crippen molar-refractivity contribution in [3.05, 3.63) is 346 Å². The van der Waals surface area contributed by atoms with E-state index in [-0.39, 0.29) is 6.71 Å². The van der Waals surface area contributed by atoms with Gasteiger partial charge < -0.3 is 9.13 Å². The van der Waals surface area contributed by atoms with Crippen LogP contribution in [0.15, 0.2) is 346 Å². The lowest BCUT2D eigenvalue weighted by atomic mass is 9.34. The maximum absolute atomic E-state index is 5.93. The van der Waals surface area contributed by atoms with Crippen molar-refractivity contribution in [1.29, 1.82) is 0 Å².